The lowest BCUT2D eigenvalue weighted by Gasteiger charge is -2.25. The zero-order valence-electron chi connectivity index (χ0n) is 11.2. The van der Waals surface area contributed by atoms with Crippen LogP contribution < -0.4 is 0 Å². The molecule has 100 valence electrons. The second-order valence-electron chi connectivity index (χ2n) is 4.90. The van der Waals surface area contributed by atoms with Gasteiger partial charge in [0.05, 0.1) is 0 Å². The van der Waals surface area contributed by atoms with E-state index in [1.807, 2.05) is 26.2 Å². The van der Waals surface area contributed by atoms with Crippen molar-refractivity contribution in [2.24, 2.45) is 0 Å². The number of aromatic hydroxyl groups is 1. The Labute approximate surface area is 113 Å². The van der Waals surface area contributed by atoms with Crippen LogP contribution in [0.5, 0.6) is 5.75 Å². The van der Waals surface area contributed by atoms with E-state index in [0.717, 1.165) is 17.5 Å². The molecule has 0 bridgehead atoms. The molecule has 0 radical (unpaired) electrons. The standard InChI is InChI=1S/C16H18FNO/c1-18(2)16(13-4-3-5-15(19)11-13)10-12-6-8-14(17)9-7-12/h3-9,11,16,19H,10H2,1-2H3. The van der Waals surface area contributed by atoms with Gasteiger partial charge in [-0.25, -0.2) is 4.39 Å². The molecule has 0 saturated heterocycles. The molecule has 0 aromatic heterocycles. The van der Waals surface area contributed by atoms with E-state index in [4.69, 9.17) is 0 Å². The van der Waals surface area contributed by atoms with E-state index in [9.17, 15) is 9.50 Å². The Kier molecular flexibility index (Phi) is 4.17. The van der Waals surface area contributed by atoms with Crippen LogP contribution in [0.15, 0.2) is 48.5 Å². The van der Waals surface area contributed by atoms with Gasteiger partial charge in [0, 0.05) is 6.04 Å². The average Bonchev–Trinajstić information content (AvgIpc) is 2.37. The maximum Gasteiger partial charge on any atom is 0.123 e. The van der Waals surface area contributed by atoms with Gasteiger partial charge in [-0.05, 0) is 55.9 Å². The monoisotopic (exact) mass is 259 g/mol. The summed E-state index contributed by atoms with van der Waals surface area (Å²) >= 11 is 0. The average molecular weight is 259 g/mol. The summed E-state index contributed by atoms with van der Waals surface area (Å²) in [5.41, 5.74) is 2.12. The summed E-state index contributed by atoms with van der Waals surface area (Å²) in [7, 11) is 4.00. The Balaban J connectivity index is 2.23. The minimum absolute atomic E-state index is 0.151. The number of phenols is 1. The molecule has 1 N–H and O–H groups in total. The molecule has 0 aliphatic heterocycles. The lowest BCUT2D eigenvalue weighted by molar-refractivity contribution is 0.296. The number of nitrogens with zero attached hydrogens (tertiary/aromatic N) is 1. The smallest absolute Gasteiger partial charge is 0.123 e. The Morgan fingerprint density at radius 1 is 1.11 bits per heavy atom. The zero-order chi connectivity index (χ0) is 13.8. The van der Waals surface area contributed by atoms with Crippen LogP contribution in [0.2, 0.25) is 0 Å². The third-order valence-electron chi connectivity index (χ3n) is 3.22. The fourth-order valence-corrected chi connectivity index (χ4v) is 2.17. The van der Waals surface area contributed by atoms with E-state index in [1.165, 1.54) is 12.1 Å². The Bertz CT molecular complexity index is 537. The molecule has 0 spiro atoms. The first-order valence-corrected chi connectivity index (χ1v) is 6.26. The summed E-state index contributed by atoms with van der Waals surface area (Å²) in [6, 6.07) is 14.0. The van der Waals surface area contributed by atoms with E-state index < -0.39 is 0 Å². The molecule has 2 rings (SSSR count). The van der Waals surface area contributed by atoms with E-state index in [0.29, 0.717) is 0 Å². The Morgan fingerprint density at radius 2 is 1.79 bits per heavy atom. The van der Waals surface area contributed by atoms with Gasteiger partial charge in [0.15, 0.2) is 0 Å². The molecule has 2 nitrogen and oxygen atoms in total. The van der Waals surface area contributed by atoms with Crippen molar-refractivity contribution in [3.8, 4) is 5.75 Å². The second-order valence-corrected chi connectivity index (χ2v) is 4.90. The molecule has 2 aromatic carbocycles. The van der Waals surface area contributed by atoms with Crippen molar-refractivity contribution >= 4 is 0 Å². The van der Waals surface area contributed by atoms with Gasteiger partial charge in [-0.3, -0.25) is 0 Å². The SMILES string of the molecule is CN(C)C(Cc1ccc(F)cc1)c1cccc(O)c1. The summed E-state index contributed by atoms with van der Waals surface area (Å²) < 4.78 is 12.9. The van der Waals surface area contributed by atoms with Crippen molar-refractivity contribution < 1.29 is 9.50 Å². The van der Waals surface area contributed by atoms with Crippen LogP contribution in [-0.2, 0) is 6.42 Å². The lowest BCUT2D eigenvalue weighted by atomic mass is 9.98. The lowest BCUT2D eigenvalue weighted by Crippen LogP contribution is -2.22. The number of likely N-dealkylation sites (N-methyl/N-ethyl adjacent to an activating group) is 1. The predicted octanol–water partition coefficient (Wildman–Crippen LogP) is 3.38. The van der Waals surface area contributed by atoms with Crippen LogP contribution in [0.4, 0.5) is 4.39 Å². The van der Waals surface area contributed by atoms with Gasteiger partial charge in [-0.15, -0.1) is 0 Å². The minimum atomic E-state index is -0.220. The largest absolute Gasteiger partial charge is 0.508 e. The first kappa shape index (κ1) is 13.6. The number of benzene rings is 2. The molecule has 3 heteroatoms. The van der Waals surface area contributed by atoms with Crippen molar-refractivity contribution in [2.75, 3.05) is 14.1 Å². The van der Waals surface area contributed by atoms with E-state index in [2.05, 4.69) is 4.90 Å². The van der Waals surface area contributed by atoms with Crippen molar-refractivity contribution in [1.82, 2.24) is 4.90 Å². The summed E-state index contributed by atoms with van der Waals surface area (Å²) in [5.74, 6) is 0.0472. The van der Waals surface area contributed by atoms with Gasteiger partial charge >= 0.3 is 0 Å². The Morgan fingerprint density at radius 3 is 2.37 bits per heavy atom. The number of hydrogen-bond acceptors (Lipinski definition) is 2. The molecule has 0 aliphatic carbocycles. The van der Waals surface area contributed by atoms with Crippen LogP contribution in [0.25, 0.3) is 0 Å². The molecule has 0 saturated carbocycles. The van der Waals surface area contributed by atoms with Gasteiger partial charge in [-0.1, -0.05) is 24.3 Å². The first-order chi connectivity index (χ1) is 9.06. The van der Waals surface area contributed by atoms with Crippen molar-refractivity contribution in [3.63, 3.8) is 0 Å². The molecule has 0 amide bonds. The number of hydrogen-bond donors (Lipinski definition) is 1. The highest BCUT2D eigenvalue weighted by atomic mass is 19.1. The molecule has 0 fully saturated rings. The maximum atomic E-state index is 12.9. The highest BCUT2D eigenvalue weighted by Gasteiger charge is 2.15. The molecule has 19 heavy (non-hydrogen) atoms. The van der Waals surface area contributed by atoms with Crippen molar-refractivity contribution in [3.05, 3.63) is 65.5 Å². The normalized spacial score (nSPS) is 12.6. The quantitative estimate of drug-likeness (QED) is 0.910. The number of halogens is 1. The summed E-state index contributed by atoms with van der Waals surface area (Å²) in [6.45, 7) is 0. The van der Waals surface area contributed by atoms with E-state index in [-0.39, 0.29) is 17.6 Å². The highest BCUT2D eigenvalue weighted by molar-refractivity contribution is 5.31. The molecule has 0 aliphatic rings. The van der Waals surface area contributed by atoms with Gasteiger partial charge in [-0.2, -0.15) is 0 Å². The number of phenolic OH excluding ortho intramolecular Hbond substituents is 1. The summed E-state index contributed by atoms with van der Waals surface area (Å²) in [4.78, 5) is 2.10. The van der Waals surface area contributed by atoms with Crippen LogP contribution in [0.3, 0.4) is 0 Å². The molecular formula is C16H18FNO. The summed E-state index contributed by atoms with van der Waals surface area (Å²) in [6.07, 6.45) is 0.775. The van der Waals surface area contributed by atoms with Gasteiger partial charge in [0.1, 0.15) is 11.6 Å². The fourth-order valence-electron chi connectivity index (χ4n) is 2.17. The number of rotatable bonds is 4. The molecule has 1 unspecified atom stereocenters. The molecular weight excluding hydrogens is 241 g/mol. The van der Waals surface area contributed by atoms with Gasteiger partial charge < -0.3 is 10.0 Å². The Hall–Kier alpha value is -1.87. The van der Waals surface area contributed by atoms with Crippen molar-refractivity contribution in [1.29, 1.82) is 0 Å². The molecule has 1 atom stereocenters. The van der Waals surface area contributed by atoms with E-state index in [1.54, 1.807) is 24.3 Å². The molecule has 2 aromatic rings. The summed E-state index contributed by atoms with van der Waals surface area (Å²) in [5, 5.41) is 9.58. The third-order valence-corrected chi connectivity index (χ3v) is 3.22. The van der Waals surface area contributed by atoms with Crippen LogP contribution in [-0.4, -0.2) is 24.1 Å². The highest BCUT2D eigenvalue weighted by Crippen LogP contribution is 2.25. The third kappa shape index (κ3) is 3.55. The molecule has 0 heterocycles. The topological polar surface area (TPSA) is 23.5 Å². The zero-order valence-corrected chi connectivity index (χ0v) is 11.2. The van der Waals surface area contributed by atoms with Crippen LogP contribution >= 0.6 is 0 Å². The fraction of sp³-hybridized carbons (Fsp3) is 0.250. The first-order valence-electron chi connectivity index (χ1n) is 6.26. The minimum Gasteiger partial charge on any atom is -0.508 e. The predicted molar refractivity (Wildman–Crippen MR) is 74.6 cm³/mol. The van der Waals surface area contributed by atoms with Crippen LogP contribution in [0.1, 0.15) is 17.2 Å². The van der Waals surface area contributed by atoms with Gasteiger partial charge in [0.25, 0.3) is 0 Å². The van der Waals surface area contributed by atoms with E-state index >= 15 is 0 Å². The van der Waals surface area contributed by atoms with Crippen molar-refractivity contribution in [2.45, 2.75) is 12.5 Å². The van der Waals surface area contributed by atoms with Crippen LogP contribution in [0, 0.1) is 5.82 Å². The maximum absolute atomic E-state index is 12.9. The second kappa shape index (κ2) is 5.85. The van der Waals surface area contributed by atoms with Gasteiger partial charge in [0.2, 0.25) is 0 Å².